The number of carbonyl (C=O) groups excluding carboxylic acids is 2. The summed E-state index contributed by atoms with van der Waals surface area (Å²) >= 11 is 0. The van der Waals surface area contributed by atoms with E-state index in [4.69, 9.17) is 0 Å². The van der Waals surface area contributed by atoms with Crippen molar-refractivity contribution in [2.45, 2.75) is 58.0 Å². The van der Waals surface area contributed by atoms with E-state index in [9.17, 15) is 19.2 Å². The number of H-pyrrole nitrogens is 1. The Morgan fingerprint density at radius 3 is 2.77 bits per heavy atom. The van der Waals surface area contributed by atoms with Crippen LogP contribution in [-0.2, 0) is 35.4 Å². The Hall–Kier alpha value is -3.16. The molecule has 0 saturated heterocycles. The highest BCUT2D eigenvalue weighted by Gasteiger charge is 2.30. The van der Waals surface area contributed by atoms with Gasteiger partial charge < -0.3 is 10.2 Å². The molecule has 30 heavy (non-hydrogen) atoms. The zero-order valence-corrected chi connectivity index (χ0v) is 17.1. The molecule has 8 heteroatoms. The van der Waals surface area contributed by atoms with Crippen LogP contribution in [0.3, 0.4) is 0 Å². The predicted molar refractivity (Wildman–Crippen MR) is 113 cm³/mol. The van der Waals surface area contributed by atoms with Crippen molar-refractivity contribution < 1.29 is 9.59 Å². The number of nitrogens with zero attached hydrogens (tertiary/aromatic N) is 2. The summed E-state index contributed by atoms with van der Waals surface area (Å²) in [5.74, 6) is -0.453. The average molecular weight is 410 g/mol. The van der Waals surface area contributed by atoms with E-state index in [0.29, 0.717) is 18.4 Å². The molecule has 0 bridgehead atoms. The van der Waals surface area contributed by atoms with Crippen molar-refractivity contribution >= 4 is 17.5 Å². The Balaban J connectivity index is 1.37. The highest BCUT2D eigenvalue weighted by atomic mass is 16.2. The molecular formula is C22H26N4O4. The predicted octanol–water partition coefficient (Wildman–Crippen LogP) is 0.900. The van der Waals surface area contributed by atoms with Gasteiger partial charge in [-0.05, 0) is 50.7 Å². The second-order valence-electron chi connectivity index (χ2n) is 8.02. The van der Waals surface area contributed by atoms with E-state index in [0.717, 1.165) is 36.2 Å². The summed E-state index contributed by atoms with van der Waals surface area (Å²) in [6.07, 6.45) is 4.04. The maximum Gasteiger partial charge on any atom is 0.328 e. The van der Waals surface area contributed by atoms with Crippen molar-refractivity contribution in [1.29, 1.82) is 0 Å². The van der Waals surface area contributed by atoms with E-state index < -0.39 is 5.69 Å². The molecule has 2 heterocycles. The van der Waals surface area contributed by atoms with Crippen molar-refractivity contribution in [3.05, 3.63) is 61.9 Å². The summed E-state index contributed by atoms with van der Waals surface area (Å²) < 4.78 is 1.50. The molecule has 2 amide bonds. The molecule has 158 valence electrons. The van der Waals surface area contributed by atoms with Crippen LogP contribution in [0.15, 0.2) is 33.9 Å². The average Bonchev–Trinajstić information content (AvgIpc) is 3.07. The van der Waals surface area contributed by atoms with Crippen LogP contribution in [0.4, 0.5) is 5.69 Å². The molecule has 1 atom stereocenters. The maximum absolute atomic E-state index is 12.7. The Morgan fingerprint density at radius 1 is 1.17 bits per heavy atom. The number of aromatic amines is 1. The largest absolute Gasteiger partial charge is 0.347 e. The van der Waals surface area contributed by atoms with Crippen LogP contribution in [0.25, 0.3) is 0 Å². The first-order valence-corrected chi connectivity index (χ1v) is 10.5. The van der Waals surface area contributed by atoms with Gasteiger partial charge in [0, 0.05) is 36.0 Å². The van der Waals surface area contributed by atoms with E-state index in [-0.39, 0.29) is 42.9 Å². The van der Waals surface area contributed by atoms with Gasteiger partial charge in [-0.25, -0.2) is 4.79 Å². The van der Waals surface area contributed by atoms with Gasteiger partial charge in [-0.2, -0.15) is 0 Å². The third-order valence-corrected chi connectivity index (χ3v) is 5.98. The van der Waals surface area contributed by atoms with Gasteiger partial charge in [0.15, 0.2) is 0 Å². The molecule has 8 nitrogen and oxygen atoms in total. The van der Waals surface area contributed by atoms with Crippen molar-refractivity contribution in [2.75, 3.05) is 11.4 Å². The summed E-state index contributed by atoms with van der Waals surface area (Å²) in [7, 11) is 0. The molecule has 0 radical (unpaired) electrons. The van der Waals surface area contributed by atoms with Gasteiger partial charge in [0.1, 0.15) is 0 Å². The number of fused-ring (bicyclic) bond motifs is 2. The van der Waals surface area contributed by atoms with E-state index in [2.05, 4.69) is 10.3 Å². The van der Waals surface area contributed by atoms with Gasteiger partial charge >= 0.3 is 5.69 Å². The normalized spacial score (nSPS) is 17.4. The minimum absolute atomic E-state index is 0.0537. The summed E-state index contributed by atoms with van der Waals surface area (Å²) in [5.41, 5.74) is 2.62. The molecule has 1 aliphatic heterocycles. The van der Waals surface area contributed by atoms with E-state index >= 15 is 0 Å². The highest BCUT2D eigenvalue weighted by Crippen LogP contribution is 2.31. The number of amides is 2. The zero-order valence-electron chi connectivity index (χ0n) is 17.1. The topological polar surface area (TPSA) is 104 Å². The summed E-state index contributed by atoms with van der Waals surface area (Å²) in [6, 6.07) is 7.85. The van der Waals surface area contributed by atoms with Gasteiger partial charge in [-0.3, -0.25) is 23.9 Å². The molecule has 4 rings (SSSR count). The number of rotatable bonds is 5. The molecule has 1 unspecified atom stereocenters. The van der Waals surface area contributed by atoms with Gasteiger partial charge in [-0.1, -0.05) is 18.2 Å². The van der Waals surface area contributed by atoms with Crippen LogP contribution in [0.5, 0.6) is 0 Å². The van der Waals surface area contributed by atoms with Crippen LogP contribution >= 0.6 is 0 Å². The number of aromatic nitrogens is 2. The van der Waals surface area contributed by atoms with Crippen molar-refractivity contribution in [1.82, 2.24) is 14.9 Å². The summed E-state index contributed by atoms with van der Waals surface area (Å²) in [6.45, 7) is 2.09. The zero-order chi connectivity index (χ0) is 21.3. The van der Waals surface area contributed by atoms with E-state index in [1.165, 1.54) is 4.57 Å². The second-order valence-corrected chi connectivity index (χ2v) is 8.02. The smallest absolute Gasteiger partial charge is 0.328 e. The van der Waals surface area contributed by atoms with Crippen molar-refractivity contribution in [2.24, 2.45) is 0 Å². The van der Waals surface area contributed by atoms with Crippen LogP contribution in [-0.4, -0.2) is 34.0 Å². The Morgan fingerprint density at radius 2 is 1.93 bits per heavy atom. The Kier molecular flexibility index (Phi) is 5.57. The van der Waals surface area contributed by atoms with Crippen LogP contribution in [0.2, 0.25) is 0 Å². The molecule has 2 aliphatic rings. The van der Waals surface area contributed by atoms with Gasteiger partial charge in [0.2, 0.25) is 11.8 Å². The minimum atomic E-state index is -0.480. The molecule has 2 aromatic rings. The monoisotopic (exact) mass is 410 g/mol. The first kappa shape index (κ1) is 20.1. The molecule has 2 N–H and O–H groups in total. The van der Waals surface area contributed by atoms with Crippen LogP contribution < -0.4 is 21.5 Å². The van der Waals surface area contributed by atoms with Crippen molar-refractivity contribution in [3.8, 4) is 0 Å². The molecule has 0 fully saturated rings. The summed E-state index contributed by atoms with van der Waals surface area (Å²) in [4.78, 5) is 53.4. The number of hydrogen-bond acceptors (Lipinski definition) is 4. The number of benzene rings is 1. The van der Waals surface area contributed by atoms with E-state index in [1.807, 2.05) is 31.2 Å². The fourth-order valence-electron chi connectivity index (χ4n) is 4.54. The van der Waals surface area contributed by atoms with Gasteiger partial charge in [-0.15, -0.1) is 0 Å². The lowest BCUT2D eigenvalue weighted by Gasteiger charge is -2.23. The number of carbonyl (C=O) groups is 2. The maximum atomic E-state index is 12.7. The first-order valence-electron chi connectivity index (χ1n) is 10.5. The number of nitrogens with one attached hydrogen (secondary N) is 2. The van der Waals surface area contributed by atoms with Gasteiger partial charge in [0.05, 0.1) is 6.54 Å². The lowest BCUT2D eigenvalue weighted by atomic mass is 9.97. The Labute approximate surface area is 173 Å². The second kappa shape index (κ2) is 8.30. The summed E-state index contributed by atoms with van der Waals surface area (Å²) in [5, 5.41) is 2.67. The third-order valence-electron chi connectivity index (χ3n) is 5.98. The lowest BCUT2D eigenvalue weighted by molar-refractivity contribution is -0.125. The van der Waals surface area contributed by atoms with Crippen LogP contribution in [0.1, 0.15) is 43.0 Å². The third kappa shape index (κ3) is 3.81. The molecule has 0 saturated carbocycles. The fraction of sp³-hybridized carbons (Fsp3) is 0.455. The molecular weight excluding hydrogens is 384 g/mol. The number of anilines is 1. The number of hydrogen-bond donors (Lipinski definition) is 2. The first-order chi connectivity index (χ1) is 14.5. The van der Waals surface area contributed by atoms with Crippen LogP contribution in [0, 0.1) is 0 Å². The fourth-order valence-corrected chi connectivity index (χ4v) is 4.54. The Bertz CT molecular complexity index is 1100. The standard InChI is InChI=1S/C22H26N4O4/c1-14-12-15-6-2-4-8-17(15)26(14)20(28)13-23-19(27)10-11-25-18-9-5-3-7-16(18)21(29)24-22(25)30/h2,4,6,8,14H,3,5,7,9-13H2,1H3,(H,23,27)(H,24,29,30). The lowest BCUT2D eigenvalue weighted by Crippen LogP contribution is -2.43. The molecule has 1 aromatic heterocycles. The van der Waals surface area contributed by atoms with E-state index in [1.54, 1.807) is 4.90 Å². The number of para-hydroxylation sites is 1. The minimum Gasteiger partial charge on any atom is -0.347 e. The molecule has 1 aliphatic carbocycles. The van der Waals surface area contributed by atoms with Crippen molar-refractivity contribution in [3.63, 3.8) is 0 Å². The highest BCUT2D eigenvalue weighted by molar-refractivity contribution is 5.99. The molecule has 0 spiro atoms. The SMILES string of the molecule is CC1Cc2ccccc2N1C(=O)CNC(=O)CCn1c2c(c(=O)[nH]c1=O)CCCC2. The quantitative estimate of drug-likeness (QED) is 0.764. The van der Waals surface area contributed by atoms with Gasteiger partial charge in [0.25, 0.3) is 5.56 Å². The molecule has 1 aromatic carbocycles.